The topological polar surface area (TPSA) is 44.5 Å². The van der Waals surface area contributed by atoms with Gasteiger partial charge < -0.3 is 15.2 Å². The molecule has 0 unspecified atom stereocenters. The van der Waals surface area contributed by atoms with Crippen LogP contribution in [-0.4, -0.2) is 31.9 Å². The Balaban J connectivity index is 0. The van der Waals surface area contributed by atoms with Gasteiger partial charge in [0, 0.05) is 5.33 Å². The van der Waals surface area contributed by atoms with Gasteiger partial charge in [0.1, 0.15) is 0 Å². The Kier molecular flexibility index (Phi) is 16.8. The summed E-state index contributed by atoms with van der Waals surface area (Å²) in [5, 5.41) is 0.871. The second-order valence-corrected chi connectivity index (χ2v) is 2.17. The molecule has 0 heterocycles. The largest absolute Gasteiger partial charge is 0.378 e. The Hall–Kier alpha value is 0.840. The van der Waals surface area contributed by atoms with Gasteiger partial charge in [-0.25, -0.2) is 0 Å². The molecule has 5 heteroatoms. The Morgan fingerprint density at radius 3 is 2.20 bits per heavy atom. The van der Waals surface area contributed by atoms with Crippen molar-refractivity contribution in [2.45, 2.75) is 0 Å². The molecule has 0 aromatic carbocycles. The lowest BCUT2D eigenvalue weighted by molar-refractivity contribution is 0.0568. The molecule has 0 fully saturated rings. The molecule has 0 bridgehead atoms. The van der Waals surface area contributed by atoms with Crippen molar-refractivity contribution in [2.24, 2.45) is 5.73 Å². The summed E-state index contributed by atoms with van der Waals surface area (Å²) >= 11 is 3.23. The number of nitrogens with two attached hydrogens (primary N) is 1. The smallest absolute Gasteiger partial charge is 0.0941 e. The van der Waals surface area contributed by atoms with Crippen LogP contribution in [0, 0.1) is 0 Å². The van der Waals surface area contributed by atoms with Crippen molar-refractivity contribution >= 4 is 32.9 Å². The molecular weight excluding hydrogens is 266 g/mol. The molecule has 0 aromatic heterocycles. The number of ether oxygens (including phenoxy) is 2. The van der Waals surface area contributed by atoms with Gasteiger partial charge in [-0.05, 0) is 0 Å². The highest BCUT2D eigenvalue weighted by atomic mass is 79.9. The van der Waals surface area contributed by atoms with E-state index in [0.717, 1.165) is 11.9 Å². The summed E-state index contributed by atoms with van der Waals surface area (Å²) in [6, 6.07) is 0. The molecule has 0 spiro atoms. The monoisotopic (exact) mass is 277 g/mol. The lowest BCUT2D eigenvalue weighted by atomic mass is 10.7. The minimum Gasteiger partial charge on any atom is -0.378 e. The van der Waals surface area contributed by atoms with Crippen LogP contribution in [-0.2, 0) is 9.47 Å². The van der Waals surface area contributed by atoms with Crippen molar-refractivity contribution in [3.63, 3.8) is 0 Å². The van der Waals surface area contributed by atoms with E-state index < -0.39 is 0 Å². The number of hydrogen-bond donors (Lipinski definition) is 1. The maximum atomic E-state index is 5.06. The van der Waals surface area contributed by atoms with E-state index in [9.17, 15) is 0 Å². The van der Waals surface area contributed by atoms with Crippen LogP contribution in [0.5, 0.6) is 0 Å². The van der Waals surface area contributed by atoms with E-state index in [1.807, 2.05) is 0 Å². The van der Waals surface area contributed by atoms with Crippen LogP contribution in [0.2, 0.25) is 0 Å². The van der Waals surface area contributed by atoms with Crippen LogP contribution in [0.25, 0.3) is 0 Å². The Morgan fingerprint density at radius 2 is 1.70 bits per heavy atom. The van der Waals surface area contributed by atoms with Crippen molar-refractivity contribution in [3.05, 3.63) is 0 Å². The van der Waals surface area contributed by atoms with Gasteiger partial charge >= 0.3 is 0 Å². The van der Waals surface area contributed by atoms with Gasteiger partial charge in [-0.2, -0.15) is 0 Å². The van der Waals surface area contributed by atoms with E-state index >= 15 is 0 Å². The first-order chi connectivity index (χ1) is 4.41. The van der Waals surface area contributed by atoms with E-state index in [-0.39, 0.29) is 23.7 Å². The molecule has 2 N–H and O–H groups in total. The number of halogens is 2. The Morgan fingerprint density at radius 1 is 1.10 bits per heavy atom. The lowest BCUT2D eigenvalue weighted by Crippen LogP contribution is -2.10. The zero-order valence-electron chi connectivity index (χ0n) is 5.72. The zero-order valence-corrected chi connectivity index (χ0v) is 9.01. The summed E-state index contributed by atoms with van der Waals surface area (Å²) in [7, 11) is 0. The highest BCUT2D eigenvalue weighted by molar-refractivity contribution is 9.09. The molecule has 0 saturated carbocycles. The molecule has 0 amide bonds. The fourth-order valence-electron chi connectivity index (χ4n) is 0.358. The van der Waals surface area contributed by atoms with E-state index in [0.29, 0.717) is 13.2 Å². The molecule has 64 valence electrons. The van der Waals surface area contributed by atoms with E-state index in [4.69, 9.17) is 15.2 Å². The van der Waals surface area contributed by atoms with Crippen LogP contribution < -0.4 is 5.73 Å². The third kappa shape index (κ3) is 11.6. The summed E-state index contributed by atoms with van der Waals surface area (Å²) in [6.07, 6.45) is 0. The molecule has 3 nitrogen and oxygen atoms in total. The van der Waals surface area contributed by atoms with Crippen molar-refractivity contribution in [3.8, 4) is 0 Å². The van der Waals surface area contributed by atoms with Gasteiger partial charge in [-0.1, -0.05) is 15.9 Å². The minimum atomic E-state index is 0. The number of hydrogen-bond acceptors (Lipinski definition) is 3. The predicted octanol–water partition coefficient (Wildman–Crippen LogP) is 0.909. The maximum Gasteiger partial charge on any atom is 0.0941 e. The summed E-state index contributed by atoms with van der Waals surface area (Å²) in [5.74, 6) is 0. The second-order valence-electron chi connectivity index (χ2n) is 1.38. The van der Waals surface area contributed by atoms with E-state index in [1.54, 1.807) is 0 Å². The third-order valence-corrected chi connectivity index (χ3v) is 1.04. The van der Waals surface area contributed by atoms with Gasteiger partial charge in [0.05, 0.1) is 26.6 Å². The minimum absolute atomic E-state index is 0. The summed E-state index contributed by atoms with van der Waals surface area (Å²) in [5.41, 5.74) is 5.06. The summed E-state index contributed by atoms with van der Waals surface area (Å²) in [4.78, 5) is 0. The second kappa shape index (κ2) is 12.5. The van der Waals surface area contributed by atoms with Crippen molar-refractivity contribution in [1.82, 2.24) is 0 Å². The van der Waals surface area contributed by atoms with Crippen molar-refractivity contribution in [2.75, 3.05) is 31.9 Å². The highest BCUT2D eigenvalue weighted by Crippen LogP contribution is 1.81. The molecule has 0 radical (unpaired) electrons. The summed E-state index contributed by atoms with van der Waals surface area (Å²) in [6.45, 7) is 2.22. The van der Waals surface area contributed by atoms with E-state index in [1.165, 1.54) is 0 Å². The van der Waals surface area contributed by atoms with Crippen molar-refractivity contribution in [1.29, 1.82) is 0 Å². The fraction of sp³-hybridized carbons (Fsp3) is 1.00. The highest BCUT2D eigenvalue weighted by Gasteiger charge is 1.84. The van der Waals surface area contributed by atoms with Crippen LogP contribution in [0.15, 0.2) is 0 Å². The van der Waals surface area contributed by atoms with Crippen LogP contribution >= 0.6 is 32.9 Å². The van der Waals surface area contributed by atoms with Gasteiger partial charge in [0.15, 0.2) is 0 Å². The van der Waals surface area contributed by atoms with Crippen LogP contribution in [0.3, 0.4) is 0 Å². The fourth-order valence-corrected chi connectivity index (χ4v) is 0.587. The van der Waals surface area contributed by atoms with Crippen LogP contribution in [0.4, 0.5) is 0 Å². The number of rotatable bonds is 6. The zero-order chi connectivity index (χ0) is 6.95. The first-order valence-corrected chi connectivity index (χ1v) is 3.95. The summed E-state index contributed by atoms with van der Waals surface area (Å²) < 4.78 is 9.87. The van der Waals surface area contributed by atoms with Crippen molar-refractivity contribution < 1.29 is 9.47 Å². The average Bonchev–Trinajstić information content (AvgIpc) is 1.89. The van der Waals surface area contributed by atoms with Crippen LogP contribution in [0.1, 0.15) is 0 Å². The average molecular weight is 279 g/mol. The van der Waals surface area contributed by atoms with E-state index in [2.05, 4.69) is 15.9 Å². The molecule has 0 aliphatic heterocycles. The standard InChI is InChI=1S/C5H12BrNO2.BrH/c6-1-2-8-3-4-9-5-7;/h1-5,7H2;1H. The molecule has 0 aromatic rings. The Bertz CT molecular complexity index is 50.9. The quantitative estimate of drug-likeness (QED) is 0.446. The molecule has 10 heavy (non-hydrogen) atoms. The van der Waals surface area contributed by atoms with Gasteiger partial charge in [-0.15, -0.1) is 17.0 Å². The van der Waals surface area contributed by atoms with Gasteiger partial charge in [0.25, 0.3) is 0 Å². The molecule has 0 aliphatic carbocycles. The third-order valence-electron chi connectivity index (χ3n) is 0.711. The molecule has 0 aliphatic rings. The van der Waals surface area contributed by atoms with Gasteiger partial charge in [0.2, 0.25) is 0 Å². The first kappa shape index (κ1) is 13.4. The predicted molar refractivity (Wildman–Crippen MR) is 49.9 cm³/mol. The molecule has 0 rings (SSSR count). The lowest BCUT2D eigenvalue weighted by Gasteiger charge is -2.00. The SMILES string of the molecule is Br.NCOCCOCCBr. The maximum absolute atomic E-state index is 5.06. The Labute approximate surface area is 80.1 Å². The molecule has 0 atom stereocenters. The first-order valence-electron chi connectivity index (χ1n) is 2.83. The normalized spacial score (nSPS) is 9.00. The molecular formula is C5H13Br2NO2. The number of alkyl halides is 1. The molecule has 0 saturated heterocycles. The van der Waals surface area contributed by atoms with Gasteiger partial charge in [-0.3, -0.25) is 0 Å².